The summed E-state index contributed by atoms with van der Waals surface area (Å²) in [6.07, 6.45) is 3.24. The number of thiophene rings is 1. The van der Waals surface area contributed by atoms with E-state index in [2.05, 4.69) is 26.6 Å². The summed E-state index contributed by atoms with van der Waals surface area (Å²) in [5.41, 5.74) is 1.43. The normalized spacial score (nSPS) is 10.4. The molecule has 1 N–H and O–H groups in total. The molecule has 1 amide bonds. The number of aromatic nitrogens is 4. The lowest BCUT2D eigenvalue weighted by atomic mass is 10.2. The van der Waals surface area contributed by atoms with Crippen LogP contribution in [0, 0.1) is 25.2 Å². The number of carbonyl (C=O) groups is 1. The molecule has 3 heterocycles. The summed E-state index contributed by atoms with van der Waals surface area (Å²) in [5, 5.41) is 21.1. The van der Waals surface area contributed by atoms with Gasteiger partial charge < -0.3 is 5.32 Å². The van der Waals surface area contributed by atoms with Crippen molar-refractivity contribution in [1.29, 1.82) is 5.26 Å². The molecule has 126 valence electrons. The highest BCUT2D eigenvalue weighted by Crippen LogP contribution is 2.31. The molecule has 0 atom stereocenters. The van der Waals surface area contributed by atoms with E-state index in [0.29, 0.717) is 21.5 Å². The average molecular weight is 370 g/mol. The van der Waals surface area contributed by atoms with Crippen LogP contribution in [-0.4, -0.2) is 31.4 Å². The molecule has 0 fully saturated rings. The fourth-order valence-electron chi connectivity index (χ4n) is 2.12. The Hall–Kier alpha value is -2.70. The minimum absolute atomic E-state index is 0.159. The van der Waals surface area contributed by atoms with Crippen molar-refractivity contribution >= 4 is 34.0 Å². The number of amides is 1. The van der Waals surface area contributed by atoms with E-state index in [4.69, 9.17) is 0 Å². The summed E-state index contributed by atoms with van der Waals surface area (Å²) in [7, 11) is 0. The minimum atomic E-state index is -0.196. The number of hydrogen-bond donors (Lipinski definition) is 1. The van der Waals surface area contributed by atoms with Crippen molar-refractivity contribution in [1.82, 2.24) is 19.7 Å². The molecule has 3 aromatic heterocycles. The van der Waals surface area contributed by atoms with Crippen LogP contribution in [0.1, 0.15) is 16.0 Å². The summed E-state index contributed by atoms with van der Waals surface area (Å²) in [5.74, 6) is 0.650. The Morgan fingerprint density at radius 2 is 2.28 bits per heavy atom. The largest absolute Gasteiger partial charge is 0.316 e. The van der Waals surface area contributed by atoms with Gasteiger partial charge in [0.1, 0.15) is 23.2 Å². The van der Waals surface area contributed by atoms with Gasteiger partial charge in [-0.05, 0) is 31.5 Å². The van der Waals surface area contributed by atoms with Crippen LogP contribution >= 0.6 is 23.1 Å². The van der Waals surface area contributed by atoms with E-state index in [9.17, 15) is 10.1 Å². The number of anilines is 1. The first-order valence-electron chi connectivity index (χ1n) is 7.34. The summed E-state index contributed by atoms with van der Waals surface area (Å²) < 4.78 is 1.72. The molecule has 3 aromatic rings. The maximum Gasteiger partial charge on any atom is 0.235 e. The summed E-state index contributed by atoms with van der Waals surface area (Å²) in [6, 6.07) is 7.68. The monoisotopic (exact) mass is 370 g/mol. The second kappa shape index (κ2) is 7.46. The van der Waals surface area contributed by atoms with Gasteiger partial charge in [0.05, 0.1) is 11.3 Å². The second-order valence-corrected chi connectivity index (χ2v) is 7.27. The quantitative estimate of drug-likeness (QED) is 0.694. The highest BCUT2D eigenvalue weighted by molar-refractivity contribution is 7.99. The van der Waals surface area contributed by atoms with Crippen molar-refractivity contribution in [2.24, 2.45) is 0 Å². The zero-order valence-electron chi connectivity index (χ0n) is 13.6. The molecule has 0 bridgehead atoms. The molecule has 0 aromatic carbocycles. The third-order valence-corrected chi connectivity index (χ3v) is 5.56. The van der Waals surface area contributed by atoms with E-state index in [1.807, 2.05) is 32.0 Å². The molecule has 9 heteroatoms. The van der Waals surface area contributed by atoms with Crippen LogP contribution in [-0.2, 0) is 4.79 Å². The van der Waals surface area contributed by atoms with Gasteiger partial charge in [0.15, 0.2) is 5.16 Å². The number of pyridine rings is 1. The lowest BCUT2D eigenvalue weighted by Gasteiger charge is -2.05. The third kappa shape index (κ3) is 3.70. The molecule has 0 unspecified atom stereocenters. The Morgan fingerprint density at radius 1 is 1.44 bits per heavy atom. The van der Waals surface area contributed by atoms with Crippen LogP contribution in [0.4, 0.5) is 5.00 Å². The second-order valence-electron chi connectivity index (χ2n) is 5.11. The van der Waals surface area contributed by atoms with Crippen molar-refractivity contribution < 1.29 is 4.79 Å². The topological polar surface area (TPSA) is 96.5 Å². The van der Waals surface area contributed by atoms with E-state index < -0.39 is 0 Å². The fourth-order valence-corrected chi connectivity index (χ4v) is 3.86. The Balaban J connectivity index is 1.68. The van der Waals surface area contributed by atoms with Crippen molar-refractivity contribution in [2.45, 2.75) is 19.0 Å². The van der Waals surface area contributed by atoms with Gasteiger partial charge in [-0.15, -0.1) is 21.5 Å². The predicted octanol–water partition coefficient (Wildman–Crippen LogP) is 2.94. The van der Waals surface area contributed by atoms with Crippen LogP contribution in [0.2, 0.25) is 0 Å². The van der Waals surface area contributed by atoms with Crippen LogP contribution in [0.25, 0.3) is 5.82 Å². The molecule has 0 saturated carbocycles. The maximum absolute atomic E-state index is 12.2. The highest BCUT2D eigenvalue weighted by Gasteiger charge is 2.16. The van der Waals surface area contributed by atoms with Crippen LogP contribution in [0.5, 0.6) is 0 Å². The maximum atomic E-state index is 12.2. The van der Waals surface area contributed by atoms with Crippen molar-refractivity contribution in [3.05, 3.63) is 46.7 Å². The standard InChI is InChI=1S/C16H14N6OS2/c1-10-11(2)25-15(12(10)7-17)20-14(23)8-24-16-21-19-9-22(16)13-5-3-4-6-18-13/h3-6,9H,8H2,1-2H3,(H,20,23). The Bertz CT molecular complexity index is 941. The number of aryl methyl sites for hydroxylation is 1. The fraction of sp³-hybridized carbons (Fsp3) is 0.188. The SMILES string of the molecule is Cc1sc(NC(=O)CSc2nncn2-c2ccccn2)c(C#N)c1C. The van der Waals surface area contributed by atoms with E-state index in [1.165, 1.54) is 23.1 Å². The Morgan fingerprint density at radius 3 is 3.00 bits per heavy atom. The predicted molar refractivity (Wildman–Crippen MR) is 97.0 cm³/mol. The van der Waals surface area contributed by atoms with Gasteiger partial charge in [-0.3, -0.25) is 9.36 Å². The van der Waals surface area contributed by atoms with Gasteiger partial charge in [-0.1, -0.05) is 17.8 Å². The zero-order chi connectivity index (χ0) is 17.8. The van der Waals surface area contributed by atoms with Gasteiger partial charge in [0, 0.05) is 11.1 Å². The summed E-state index contributed by atoms with van der Waals surface area (Å²) >= 11 is 2.67. The lowest BCUT2D eigenvalue weighted by molar-refractivity contribution is -0.113. The number of nitrogens with zero attached hydrogens (tertiary/aromatic N) is 5. The van der Waals surface area contributed by atoms with Crippen LogP contribution in [0.15, 0.2) is 35.9 Å². The Labute approximate surface area is 152 Å². The van der Waals surface area contributed by atoms with E-state index in [0.717, 1.165) is 10.4 Å². The van der Waals surface area contributed by atoms with Crippen molar-refractivity contribution in [3.63, 3.8) is 0 Å². The van der Waals surface area contributed by atoms with Crippen LogP contribution in [0.3, 0.4) is 0 Å². The molecule has 25 heavy (non-hydrogen) atoms. The smallest absolute Gasteiger partial charge is 0.235 e. The summed E-state index contributed by atoms with van der Waals surface area (Å²) in [6.45, 7) is 3.81. The molecule has 3 rings (SSSR count). The number of hydrogen-bond acceptors (Lipinski definition) is 7. The molecule has 0 saturated heterocycles. The van der Waals surface area contributed by atoms with Gasteiger partial charge >= 0.3 is 0 Å². The minimum Gasteiger partial charge on any atom is -0.316 e. The molecular weight excluding hydrogens is 356 g/mol. The van der Waals surface area contributed by atoms with Gasteiger partial charge in [-0.2, -0.15) is 5.26 Å². The van der Waals surface area contributed by atoms with E-state index in [1.54, 1.807) is 17.1 Å². The van der Waals surface area contributed by atoms with Gasteiger partial charge in [0.25, 0.3) is 0 Å². The number of rotatable bonds is 5. The van der Waals surface area contributed by atoms with Crippen LogP contribution < -0.4 is 5.32 Å². The van der Waals surface area contributed by atoms with Crippen molar-refractivity contribution in [2.75, 3.05) is 11.1 Å². The van der Waals surface area contributed by atoms with Gasteiger partial charge in [-0.25, -0.2) is 4.98 Å². The molecule has 0 aliphatic rings. The molecule has 0 spiro atoms. The molecule has 0 aliphatic heterocycles. The first-order chi connectivity index (χ1) is 12.1. The third-order valence-electron chi connectivity index (χ3n) is 3.50. The molecule has 7 nitrogen and oxygen atoms in total. The van der Waals surface area contributed by atoms with Gasteiger partial charge in [0.2, 0.25) is 5.91 Å². The number of nitrogens with one attached hydrogen (secondary N) is 1. The van der Waals surface area contributed by atoms with E-state index in [-0.39, 0.29) is 11.7 Å². The zero-order valence-corrected chi connectivity index (χ0v) is 15.2. The van der Waals surface area contributed by atoms with E-state index >= 15 is 0 Å². The van der Waals surface area contributed by atoms with Crippen molar-refractivity contribution in [3.8, 4) is 11.9 Å². The molecular formula is C16H14N6OS2. The number of nitriles is 1. The lowest BCUT2D eigenvalue weighted by Crippen LogP contribution is -2.14. The average Bonchev–Trinajstić information content (AvgIpc) is 3.19. The molecule has 0 radical (unpaired) electrons. The first-order valence-corrected chi connectivity index (χ1v) is 9.14. The first kappa shape index (κ1) is 17.1. The highest BCUT2D eigenvalue weighted by atomic mass is 32.2. The number of thioether (sulfide) groups is 1. The summed E-state index contributed by atoms with van der Waals surface area (Å²) in [4.78, 5) is 17.5. The number of carbonyl (C=O) groups excluding carboxylic acids is 1. The Kier molecular flexibility index (Phi) is 5.11. The molecule has 0 aliphatic carbocycles.